The molecule has 0 aliphatic heterocycles. The Morgan fingerprint density at radius 2 is 1.88 bits per heavy atom. The Kier molecular flexibility index (Phi) is 4.09. The molecule has 3 rings (SSSR count). The van der Waals surface area contributed by atoms with Crippen molar-refractivity contribution in [3.63, 3.8) is 0 Å². The Labute approximate surface area is 136 Å². The summed E-state index contributed by atoms with van der Waals surface area (Å²) in [7, 11) is 0. The number of rotatable bonds is 3. The van der Waals surface area contributed by atoms with Crippen molar-refractivity contribution in [1.29, 1.82) is 0 Å². The van der Waals surface area contributed by atoms with Crippen molar-refractivity contribution < 1.29 is 15.2 Å². The molecule has 1 aromatic heterocycles. The minimum Gasteiger partial charge on any atom is -0.595 e. The molecule has 0 aliphatic carbocycles. The average Bonchev–Trinajstić information content (AvgIpc) is 2.58. The topological polar surface area (TPSA) is 112 Å². The molecule has 8 heteroatoms. The number of amides is 1. The minimum absolute atomic E-state index is 0.0375. The molecule has 2 aromatic carbocycles. The van der Waals surface area contributed by atoms with Crippen molar-refractivity contribution in [3.8, 4) is 0 Å². The van der Waals surface area contributed by atoms with E-state index in [1.807, 2.05) is 0 Å². The van der Waals surface area contributed by atoms with Crippen molar-refractivity contribution in [2.45, 2.75) is 6.92 Å². The van der Waals surface area contributed by atoms with Gasteiger partial charge in [-0.2, -0.15) is 5.23 Å². The lowest BCUT2D eigenvalue weighted by molar-refractivity contribution is -0.991. The second kappa shape index (κ2) is 6.20. The summed E-state index contributed by atoms with van der Waals surface area (Å²) in [5, 5.41) is 19.5. The summed E-state index contributed by atoms with van der Waals surface area (Å²) in [6.45, 7) is 1.58. The molecule has 8 nitrogen and oxygen atoms in total. The molecule has 24 heavy (non-hydrogen) atoms. The summed E-state index contributed by atoms with van der Waals surface area (Å²) in [6.07, 6.45) is 0. The van der Waals surface area contributed by atoms with Crippen LogP contribution in [-0.2, 0) is 0 Å². The fourth-order valence-electron chi connectivity index (χ4n) is 2.40. The average molecular weight is 326 g/mol. The van der Waals surface area contributed by atoms with Crippen LogP contribution in [0.5, 0.6) is 0 Å². The fourth-order valence-corrected chi connectivity index (χ4v) is 2.40. The summed E-state index contributed by atoms with van der Waals surface area (Å²) >= 11 is 0. The van der Waals surface area contributed by atoms with Gasteiger partial charge in [0.25, 0.3) is 11.5 Å². The van der Waals surface area contributed by atoms with Gasteiger partial charge in [0, 0.05) is 6.07 Å². The lowest BCUT2D eigenvalue weighted by Crippen LogP contribution is -2.99. The summed E-state index contributed by atoms with van der Waals surface area (Å²) < 4.78 is 1.02. The minimum atomic E-state index is -1.22. The van der Waals surface area contributed by atoms with Crippen molar-refractivity contribution in [3.05, 3.63) is 75.5 Å². The molecule has 1 amide bonds. The molecule has 0 radical (unpaired) electrons. The van der Waals surface area contributed by atoms with Gasteiger partial charge < -0.3 is 5.21 Å². The third-order valence-electron chi connectivity index (χ3n) is 3.56. The van der Waals surface area contributed by atoms with Crippen LogP contribution in [0, 0.1) is 12.1 Å². The van der Waals surface area contributed by atoms with Crippen LogP contribution in [0.25, 0.3) is 10.9 Å². The number of nitrogens with zero attached hydrogens (tertiary/aromatic N) is 2. The first-order chi connectivity index (χ1) is 11.5. The first-order valence-corrected chi connectivity index (χ1v) is 7.11. The van der Waals surface area contributed by atoms with Crippen LogP contribution >= 0.6 is 0 Å². The van der Waals surface area contributed by atoms with E-state index in [0.717, 1.165) is 4.68 Å². The lowest BCUT2D eigenvalue weighted by Gasteiger charge is -2.16. The lowest BCUT2D eigenvalue weighted by atomic mass is 10.2. The van der Waals surface area contributed by atoms with E-state index < -0.39 is 16.7 Å². The van der Waals surface area contributed by atoms with Crippen LogP contribution in [0.2, 0.25) is 0 Å². The first kappa shape index (κ1) is 15.8. The van der Waals surface area contributed by atoms with Gasteiger partial charge in [-0.1, -0.05) is 24.3 Å². The molecule has 0 spiro atoms. The Bertz CT molecular complexity index is 981. The van der Waals surface area contributed by atoms with Gasteiger partial charge in [-0.05, 0) is 25.1 Å². The second-order valence-electron chi connectivity index (χ2n) is 5.11. The Hall–Kier alpha value is -3.07. The van der Waals surface area contributed by atoms with E-state index in [9.17, 15) is 20.0 Å². The second-order valence-corrected chi connectivity index (χ2v) is 5.11. The predicted octanol–water partition coefficient (Wildman–Crippen LogP) is 0.492. The standard InChI is InChI=1S/C16H14N4O4/c1-10-17-13-8-4-2-6-11(13)16(22)19(10)18-15(21)12-7-3-5-9-14(12)20(23)24/h2-9,20,23H,1H3,(H,18,21). The van der Waals surface area contributed by atoms with Crippen LogP contribution in [0.1, 0.15) is 16.2 Å². The van der Waals surface area contributed by atoms with Gasteiger partial charge in [0.05, 0.1) is 10.9 Å². The SMILES string of the molecule is Cc1nc2ccccc2c(=O)n1NC(=O)c1ccccc1[NH+]([O-])O. The van der Waals surface area contributed by atoms with Gasteiger partial charge in [-0.25, -0.2) is 14.9 Å². The van der Waals surface area contributed by atoms with Gasteiger partial charge in [0.2, 0.25) is 0 Å². The smallest absolute Gasteiger partial charge is 0.280 e. The largest absolute Gasteiger partial charge is 0.595 e. The third-order valence-corrected chi connectivity index (χ3v) is 3.56. The Morgan fingerprint density at radius 1 is 1.21 bits per heavy atom. The van der Waals surface area contributed by atoms with Crippen molar-refractivity contribution in [2.75, 3.05) is 5.43 Å². The van der Waals surface area contributed by atoms with E-state index in [0.29, 0.717) is 16.7 Å². The maximum Gasteiger partial charge on any atom is 0.280 e. The molecule has 0 bridgehead atoms. The van der Waals surface area contributed by atoms with Gasteiger partial charge >= 0.3 is 0 Å². The van der Waals surface area contributed by atoms with Gasteiger partial charge in [0.1, 0.15) is 11.4 Å². The number of para-hydroxylation sites is 2. The number of benzene rings is 2. The molecule has 3 aromatic rings. The number of nitrogens with one attached hydrogen (secondary N) is 2. The van der Waals surface area contributed by atoms with Gasteiger partial charge in [-0.15, -0.1) is 0 Å². The van der Waals surface area contributed by atoms with Crippen molar-refractivity contribution in [2.24, 2.45) is 0 Å². The molecular weight excluding hydrogens is 312 g/mol. The van der Waals surface area contributed by atoms with Gasteiger partial charge in [0.15, 0.2) is 5.69 Å². The van der Waals surface area contributed by atoms with Crippen LogP contribution in [0.4, 0.5) is 5.69 Å². The normalized spacial score (nSPS) is 12.1. The summed E-state index contributed by atoms with van der Waals surface area (Å²) in [5.41, 5.74) is 2.33. The summed E-state index contributed by atoms with van der Waals surface area (Å²) in [4.78, 5) is 29.2. The summed E-state index contributed by atoms with van der Waals surface area (Å²) in [6, 6.07) is 12.6. The predicted molar refractivity (Wildman–Crippen MR) is 86.6 cm³/mol. The molecule has 0 saturated heterocycles. The molecule has 3 N–H and O–H groups in total. The molecule has 122 valence electrons. The van der Waals surface area contributed by atoms with E-state index in [1.165, 1.54) is 18.2 Å². The highest BCUT2D eigenvalue weighted by Gasteiger charge is 2.18. The zero-order valence-electron chi connectivity index (χ0n) is 12.7. The van der Waals surface area contributed by atoms with Crippen molar-refractivity contribution >= 4 is 22.5 Å². The zero-order chi connectivity index (χ0) is 17.3. The van der Waals surface area contributed by atoms with Crippen LogP contribution in [0.3, 0.4) is 0 Å². The molecular formula is C16H14N4O4. The highest BCUT2D eigenvalue weighted by Crippen LogP contribution is 2.11. The van der Waals surface area contributed by atoms with Crippen LogP contribution in [-0.4, -0.2) is 20.8 Å². The fraction of sp³-hybridized carbons (Fsp3) is 0.0625. The van der Waals surface area contributed by atoms with Crippen LogP contribution in [0.15, 0.2) is 53.3 Å². The molecule has 1 unspecified atom stereocenters. The number of aromatic nitrogens is 2. The highest BCUT2D eigenvalue weighted by atomic mass is 16.8. The number of hydrogen-bond donors (Lipinski definition) is 3. The quantitative estimate of drug-likeness (QED) is 0.607. The Balaban J connectivity index is 2.05. The number of carbonyl (C=O) groups excluding carboxylic acids is 1. The number of quaternary nitrogens is 1. The van der Waals surface area contributed by atoms with E-state index in [-0.39, 0.29) is 11.3 Å². The van der Waals surface area contributed by atoms with E-state index >= 15 is 0 Å². The van der Waals surface area contributed by atoms with E-state index in [2.05, 4.69) is 10.4 Å². The molecule has 1 atom stereocenters. The highest BCUT2D eigenvalue weighted by molar-refractivity contribution is 6.03. The van der Waals surface area contributed by atoms with Crippen LogP contribution < -0.4 is 16.2 Å². The summed E-state index contributed by atoms with van der Waals surface area (Å²) in [5.74, 6) is -0.407. The number of fused-ring (bicyclic) bond motifs is 1. The number of hydrogen-bond acceptors (Lipinski definition) is 5. The number of aryl methyl sites for hydroxylation is 1. The number of carbonyl (C=O) groups is 1. The van der Waals surface area contributed by atoms with E-state index in [4.69, 9.17) is 0 Å². The molecule has 0 aliphatic rings. The zero-order valence-corrected chi connectivity index (χ0v) is 12.7. The maximum atomic E-state index is 12.5. The molecule has 0 fully saturated rings. The third kappa shape index (κ3) is 2.76. The first-order valence-electron chi connectivity index (χ1n) is 7.11. The van der Waals surface area contributed by atoms with Crippen molar-refractivity contribution in [1.82, 2.24) is 9.66 Å². The Morgan fingerprint density at radius 3 is 2.62 bits per heavy atom. The maximum absolute atomic E-state index is 12.5. The molecule has 1 heterocycles. The van der Waals surface area contributed by atoms with Gasteiger partial charge in [-0.3, -0.25) is 15.0 Å². The van der Waals surface area contributed by atoms with E-state index in [1.54, 1.807) is 37.3 Å². The monoisotopic (exact) mass is 326 g/mol. The molecule has 0 saturated carbocycles.